The molecule has 0 bridgehead atoms. The largest absolute Gasteiger partial charge is 0.394 e. The van der Waals surface area contributed by atoms with Crippen LogP contribution in [0, 0.1) is 0 Å². The molecular weight excluding hydrogens is 506 g/mol. The third-order valence-corrected chi connectivity index (χ3v) is 7.65. The molecule has 1 atom stereocenters. The Morgan fingerprint density at radius 3 is 2.90 bits per heavy atom. The summed E-state index contributed by atoms with van der Waals surface area (Å²) >= 11 is 4.46. The van der Waals surface area contributed by atoms with E-state index in [1.54, 1.807) is 31.0 Å². The van der Waals surface area contributed by atoms with Crippen molar-refractivity contribution in [1.82, 2.24) is 24.7 Å². The molecule has 0 aromatic carbocycles. The monoisotopic (exact) mass is 527 g/mol. The Labute approximate surface area is 192 Å². The van der Waals surface area contributed by atoms with Crippen LogP contribution in [0.3, 0.4) is 0 Å². The number of thiophene rings is 1. The summed E-state index contributed by atoms with van der Waals surface area (Å²) in [7, 11) is -3.63. The van der Waals surface area contributed by atoms with E-state index in [1.165, 1.54) is 6.07 Å². The number of aliphatic hydroxyl groups is 1. The van der Waals surface area contributed by atoms with Gasteiger partial charge in [0.25, 0.3) is 0 Å². The van der Waals surface area contributed by atoms with Gasteiger partial charge in [-0.15, -0.1) is 11.3 Å². The van der Waals surface area contributed by atoms with E-state index in [-0.39, 0.29) is 29.4 Å². The summed E-state index contributed by atoms with van der Waals surface area (Å²) in [6.45, 7) is 5.77. The maximum Gasteiger partial charge on any atom is 0.250 e. The average molecular weight is 528 g/mol. The maximum atomic E-state index is 12.5. The molecule has 0 fully saturated rings. The van der Waals surface area contributed by atoms with Crippen molar-refractivity contribution in [1.29, 1.82) is 0 Å². The standard InChI is InChI=1S/C18H22BrN7O3S2/c1-11(2)15(8-27)25-17-14(19)7-21-18(26-17)24-13-5-16(30-9-13)31(28,29)23-4-3-12-6-20-10-22-12/h5-7,9-10,15,23,27H,1,3-4,8H2,2H3,(H,20,22)(H2,21,24,25,26)/t15-/m0/s1. The van der Waals surface area contributed by atoms with E-state index in [9.17, 15) is 13.5 Å². The molecular formula is C18H22BrN7O3S2. The van der Waals surface area contributed by atoms with Crippen LogP contribution in [-0.2, 0) is 16.4 Å². The van der Waals surface area contributed by atoms with E-state index in [2.05, 4.69) is 57.8 Å². The molecule has 0 amide bonds. The third kappa shape index (κ3) is 6.33. The first-order valence-corrected chi connectivity index (χ1v) is 12.3. The van der Waals surface area contributed by atoms with Crippen LogP contribution in [0.25, 0.3) is 0 Å². The van der Waals surface area contributed by atoms with Gasteiger partial charge in [0, 0.05) is 36.4 Å². The summed E-state index contributed by atoms with van der Waals surface area (Å²) in [5.74, 6) is 0.751. The van der Waals surface area contributed by atoms with Gasteiger partial charge in [0.05, 0.1) is 29.1 Å². The van der Waals surface area contributed by atoms with Crippen molar-refractivity contribution >= 4 is 54.7 Å². The SMILES string of the molecule is C=C(C)[C@H](CO)Nc1nc(Nc2csc(S(=O)(=O)NCCc3cnc[nH]3)c2)ncc1Br. The van der Waals surface area contributed by atoms with Gasteiger partial charge in [-0.1, -0.05) is 12.2 Å². The van der Waals surface area contributed by atoms with E-state index < -0.39 is 10.0 Å². The number of aromatic amines is 1. The molecule has 0 aliphatic heterocycles. The van der Waals surface area contributed by atoms with Gasteiger partial charge in [-0.3, -0.25) is 0 Å². The van der Waals surface area contributed by atoms with Crippen molar-refractivity contribution in [3.63, 3.8) is 0 Å². The Morgan fingerprint density at radius 2 is 2.23 bits per heavy atom. The van der Waals surface area contributed by atoms with Crippen LogP contribution in [-0.4, -0.2) is 52.7 Å². The summed E-state index contributed by atoms with van der Waals surface area (Å²) < 4.78 is 28.4. The van der Waals surface area contributed by atoms with Gasteiger partial charge in [0.15, 0.2) is 0 Å². The fraction of sp³-hybridized carbons (Fsp3) is 0.278. The lowest BCUT2D eigenvalue weighted by molar-refractivity contribution is 0.286. The zero-order chi connectivity index (χ0) is 22.4. The number of hydrogen-bond acceptors (Lipinski definition) is 9. The summed E-state index contributed by atoms with van der Waals surface area (Å²) in [6.07, 6.45) is 5.28. The number of H-pyrrole nitrogens is 1. The van der Waals surface area contributed by atoms with E-state index in [0.717, 1.165) is 22.6 Å². The van der Waals surface area contributed by atoms with E-state index in [1.807, 2.05) is 0 Å². The molecule has 10 nitrogen and oxygen atoms in total. The molecule has 0 radical (unpaired) electrons. The zero-order valence-corrected chi connectivity index (χ0v) is 19.8. The fourth-order valence-electron chi connectivity index (χ4n) is 2.48. The van der Waals surface area contributed by atoms with Gasteiger partial charge < -0.3 is 20.7 Å². The van der Waals surface area contributed by atoms with Crippen molar-refractivity contribution in [2.75, 3.05) is 23.8 Å². The molecule has 0 aliphatic carbocycles. The number of nitrogens with zero attached hydrogens (tertiary/aromatic N) is 3. The molecule has 3 rings (SSSR count). The molecule has 0 aliphatic rings. The minimum Gasteiger partial charge on any atom is -0.394 e. The molecule has 0 saturated carbocycles. The van der Waals surface area contributed by atoms with Gasteiger partial charge in [-0.25, -0.2) is 23.1 Å². The van der Waals surface area contributed by atoms with E-state index in [4.69, 9.17) is 0 Å². The highest BCUT2D eigenvalue weighted by atomic mass is 79.9. The Morgan fingerprint density at radius 1 is 1.42 bits per heavy atom. The number of nitrogens with one attached hydrogen (secondary N) is 4. The number of rotatable bonds is 11. The summed E-state index contributed by atoms with van der Waals surface area (Å²) in [4.78, 5) is 15.4. The van der Waals surface area contributed by atoms with Crippen LogP contribution in [0.15, 0.2) is 51.0 Å². The number of aliphatic hydroxyl groups excluding tert-OH is 1. The van der Waals surface area contributed by atoms with Crippen LogP contribution in [0.5, 0.6) is 0 Å². The van der Waals surface area contributed by atoms with Crippen LogP contribution < -0.4 is 15.4 Å². The number of hydrogen-bond donors (Lipinski definition) is 5. The number of aromatic nitrogens is 4. The average Bonchev–Trinajstić information content (AvgIpc) is 3.40. The van der Waals surface area contributed by atoms with E-state index >= 15 is 0 Å². The summed E-state index contributed by atoms with van der Waals surface area (Å²) in [6, 6.07) is 1.16. The molecule has 0 spiro atoms. The second-order valence-corrected chi connectivity index (χ2v) is 10.4. The van der Waals surface area contributed by atoms with Crippen LogP contribution in [0.1, 0.15) is 12.6 Å². The first kappa shape index (κ1) is 23.3. The highest BCUT2D eigenvalue weighted by molar-refractivity contribution is 9.10. The number of halogens is 1. The highest BCUT2D eigenvalue weighted by Crippen LogP contribution is 2.27. The molecule has 3 heterocycles. The lowest BCUT2D eigenvalue weighted by atomic mass is 10.1. The minimum absolute atomic E-state index is 0.131. The molecule has 5 N–H and O–H groups in total. The fourth-order valence-corrected chi connectivity index (χ4v) is 4.98. The molecule has 166 valence electrons. The topological polar surface area (TPSA) is 145 Å². The van der Waals surface area contributed by atoms with Gasteiger partial charge in [0.2, 0.25) is 16.0 Å². The predicted octanol–water partition coefficient (Wildman–Crippen LogP) is 2.64. The van der Waals surface area contributed by atoms with Crippen molar-refractivity contribution in [2.24, 2.45) is 0 Å². The van der Waals surface area contributed by atoms with E-state index in [0.29, 0.717) is 22.4 Å². The van der Waals surface area contributed by atoms with Crippen molar-refractivity contribution < 1.29 is 13.5 Å². The Balaban J connectivity index is 1.66. The second kappa shape index (κ2) is 10.3. The normalized spacial score (nSPS) is 12.5. The molecule has 31 heavy (non-hydrogen) atoms. The Bertz CT molecular complexity index is 1130. The molecule has 0 unspecified atom stereocenters. The number of sulfonamides is 1. The van der Waals surface area contributed by atoms with Crippen molar-refractivity contribution in [3.8, 4) is 0 Å². The number of imidazole rings is 1. The third-order valence-electron chi connectivity index (χ3n) is 4.17. The molecule has 0 saturated heterocycles. The quantitative estimate of drug-likeness (QED) is 0.239. The minimum atomic E-state index is -3.63. The highest BCUT2D eigenvalue weighted by Gasteiger charge is 2.17. The van der Waals surface area contributed by atoms with Crippen molar-refractivity contribution in [3.05, 3.63) is 52.5 Å². The molecule has 3 aromatic heterocycles. The smallest absolute Gasteiger partial charge is 0.250 e. The van der Waals surface area contributed by atoms with Gasteiger partial charge >= 0.3 is 0 Å². The summed E-state index contributed by atoms with van der Waals surface area (Å²) in [5, 5.41) is 17.2. The Kier molecular flexibility index (Phi) is 7.78. The maximum absolute atomic E-state index is 12.5. The Hall–Kier alpha value is -2.32. The molecule has 3 aromatic rings. The number of anilines is 3. The predicted molar refractivity (Wildman–Crippen MR) is 124 cm³/mol. The first-order valence-electron chi connectivity index (χ1n) is 9.16. The zero-order valence-electron chi connectivity index (χ0n) is 16.6. The lowest BCUT2D eigenvalue weighted by Crippen LogP contribution is -2.25. The van der Waals surface area contributed by atoms with Gasteiger partial charge in [-0.2, -0.15) is 4.98 Å². The van der Waals surface area contributed by atoms with Crippen LogP contribution in [0.4, 0.5) is 17.5 Å². The molecule has 13 heteroatoms. The second-order valence-electron chi connectivity index (χ2n) is 6.62. The van der Waals surface area contributed by atoms with Crippen molar-refractivity contribution in [2.45, 2.75) is 23.6 Å². The first-order chi connectivity index (χ1) is 14.8. The van der Waals surface area contributed by atoms with Crippen LogP contribution in [0.2, 0.25) is 0 Å². The van der Waals surface area contributed by atoms with Gasteiger partial charge in [0.1, 0.15) is 10.0 Å². The summed E-state index contributed by atoms with van der Waals surface area (Å²) in [5.41, 5.74) is 2.16. The van der Waals surface area contributed by atoms with Gasteiger partial charge in [-0.05, 0) is 28.9 Å². The van der Waals surface area contributed by atoms with Crippen LogP contribution >= 0.6 is 27.3 Å². The lowest BCUT2D eigenvalue weighted by Gasteiger charge is -2.18.